The van der Waals surface area contributed by atoms with Gasteiger partial charge in [0, 0.05) is 23.2 Å². The van der Waals surface area contributed by atoms with Gasteiger partial charge >= 0.3 is 0 Å². The summed E-state index contributed by atoms with van der Waals surface area (Å²) in [6.45, 7) is 1.39. The van der Waals surface area contributed by atoms with Crippen molar-refractivity contribution in [2.75, 3.05) is 13.2 Å². The zero-order chi connectivity index (χ0) is 18.1. The average Bonchev–Trinajstić information content (AvgIpc) is 2.76. The number of fused-ring (bicyclic) bond motifs is 7. The van der Waals surface area contributed by atoms with Crippen molar-refractivity contribution in [2.45, 2.75) is 19.3 Å². The summed E-state index contributed by atoms with van der Waals surface area (Å²) >= 11 is 0. The van der Waals surface area contributed by atoms with E-state index in [4.69, 9.17) is 9.47 Å². The van der Waals surface area contributed by atoms with Gasteiger partial charge in [0.05, 0.1) is 35.4 Å². The molecule has 1 aliphatic heterocycles. The van der Waals surface area contributed by atoms with Gasteiger partial charge < -0.3 is 9.47 Å². The van der Waals surface area contributed by atoms with Crippen LogP contribution in [0.15, 0.2) is 60.9 Å². The summed E-state index contributed by atoms with van der Waals surface area (Å²) < 4.78 is 12.4. The van der Waals surface area contributed by atoms with Crippen molar-refractivity contribution in [3.8, 4) is 22.6 Å². The van der Waals surface area contributed by atoms with Crippen molar-refractivity contribution < 1.29 is 9.47 Å². The minimum atomic E-state index is 0.693. The molecule has 0 spiro atoms. The molecule has 0 saturated carbocycles. The first-order chi connectivity index (χ1) is 13.4. The molecule has 0 radical (unpaired) electrons. The molecule has 4 nitrogen and oxygen atoms in total. The molecule has 4 heteroatoms. The van der Waals surface area contributed by atoms with Crippen LogP contribution in [0, 0.1) is 0 Å². The number of aromatic nitrogens is 2. The van der Waals surface area contributed by atoms with Gasteiger partial charge in [-0.15, -0.1) is 0 Å². The predicted molar refractivity (Wildman–Crippen MR) is 107 cm³/mol. The molecule has 134 valence electrons. The Bertz CT molecular complexity index is 1030. The van der Waals surface area contributed by atoms with Crippen molar-refractivity contribution in [1.29, 1.82) is 0 Å². The molecule has 0 amide bonds. The Balaban J connectivity index is 1.90. The number of nitrogens with zero attached hydrogens (tertiary/aromatic N) is 2. The van der Waals surface area contributed by atoms with E-state index in [0.717, 1.165) is 63.7 Å². The number of pyridine rings is 2. The number of ether oxygens (including phenoxy) is 2. The summed E-state index contributed by atoms with van der Waals surface area (Å²) in [6.07, 6.45) is 6.76. The Hall–Kier alpha value is -3.14. The summed E-state index contributed by atoms with van der Waals surface area (Å²) in [5, 5.41) is 2.15. The third-order valence-corrected chi connectivity index (χ3v) is 5.03. The van der Waals surface area contributed by atoms with E-state index >= 15 is 0 Å². The van der Waals surface area contributed by atoms with Gasteiger partial charge in [-0.1, -0.05) is 12.1 Å². The Morgan fingerprint density at radius 2 is 1.11 bits per heavy atom. The first kappa shape index (κ1) is 16.1. The lowest BCUT2D eigenvalue weighted by Crippen LogP contribution is -2.00. The Morgan fingerprint density at radius 1 is 0.593 bits per heavy atom. The van der Waals surface area contributed by atoms with Gasteiger partial charge in [-0.3, -0.25) is 9.97 Å². The van der Waals surface area contributed by atoms with Gasteiger partial charge in [0.2, 0.25) is 0 Å². The highest BCUT2D eigenvalue weighted by Gasteiger charge is 2.21. The van der Waals surface area contributed by atoms with Crippen LogP contribution in [0.3, 0.4) is 0 Å². The molecule has 0 fully saturated rings. The summed E-state index contributed by atoms with van der Waals surface area (Å²) in [5.74, 6) is 1.68. The van der Waals surface area contributed by atoms with E-state index in [0.29, 0.717) is 13.2 Å². The van der Waals surface area contributed by atoms with Crippen molar-refractivity contribution in [3.05, 3.63) is 60.9 Å². The lowest BCUT2D eigenvalue weighted by molar-refractivity contribution is 0.284. The maximum absolute atomic E-state index is 6.21. The molecule has 0 unspecified atom stereocenters. The van der Waals surface area contributed by atoms with Crippen LogP contribution in [0.5, 0.6) is 11.5 Å². The summed E-state index contributed by atoms with van der Waals surface area (Å²) in [5.41, 5.74) is 3.76. The molecule has 0 N–H and O–H groups in total. The fourth-order valence-corrected chi connectivity index (χ4v) is 3.72. The maximum Gasteiger partial charge on any atom is 0.129 e. The second-order valence-corrected chi connectivity index (χ2v) is 6.79. The largest absolute Gasteiger partial charge is 0.493 e. The number of hydrogen-bond donors (Lipinski definition) is 0. The summed E-state index contributed by atoms with van der Waals surface area (Å²) in [6, 6.07) is 16.3. The third-order valence-electron chi connectivity index (χ3n) is 5.03. The highest BCUT2D eigenvalue weighted by molar-refractivity contribution is 6.07. The monoisotopic (exact) mass is 356 g/mol. The van der Waals surface area contributed by atoms with Crippen LogP contribution in [0.2, 0.25) is 0 Å². The number of benzene rings is 2. The molecule has 1 aliphatic rings. The topological polar surface area (TPSA) is 44.2 Å². The summed E-state index contributed by atoms with van der Waals surface area (Å²) in [4.78, 5) is 9.37. The molecule has 27 heavy (non-hydrogen) atoms. The van der Waals surface area contributed by atoms with Gasteiger partial charge in [-0.25, -0.2) is 0 Å². The molecule has 0 saturated heterocycles. The van der Waals surface area contributed by atoms with Gasteiger partial charge in [0.15, 0.2) is 0 Å². The predicted octanol–water partition coefficient (Wildman–Crippen LogP) is 5.39. The van der Waals surface area contributed by atoms with Gasteiger partial charge in [-0.05, 0) is 55.7 Å². The molecule has 2 aromatic carbocycles. The first-order valence-electron chi connectivity index (χ1n) is 9.43. The van der Waals surface area contributed by atoms with Gasteiger partial charge in [0.1, 0.15) is 11.5 Å². The highest BCUT2D eigenvalue weighted by atomic mass is 16.5. The fraction of sp³-hybridized carbons (Fsp3) is 0.217. The molecule has 2 aromatic heterocycles. The standard InChI is InChI=1S/C23H20N2O2/c1-2-14-26-18-10-8-16-6-4-12-24-22(16)20(18)21-19(27-15-3-1)11-9-17-7-5-13-25-23(17)21/h4-13H,1-3,14-15H2. The van der Waals surface area contributed by atoms with Crippen molar-refractivity contribution in [3.63, 3.8) is 0 Å². The lowest BCUT2D eigenvalue weighted by atomic mass is 9.97. The van der Waals surface area contributed by atoms with Crippen LogP contribution in [0.4, 0.5) is 0 Å². The minimum Gasteiger partial charge on any atom is -0.493 e. The quantitative estimate of drug-likeness (QED) is 0.424. The molecule has 0 bridgehead atoms. The third kappa shape index (κ3) is 2.87. The zero-order valence-electron chi connectivity index (χ0n) is 15.0. The van der Waals surface area contributed by atoms with E-state index in [-0.39, 0.29) is 0 Å². The minimum absolute atomic E-state index is 0.693. The van der Waals surface area contributed by atoms with E-state index in [1.54, 1.807) is 0 Å². The molecule has 5 rings (SSSR count). The maximum atomic E-state index is 6.21. The first-order valence-corrected chi connectivity index (χ1v) is 9.43. The molecule has 4 aromatic rings. The van der Waals surface area contributed by atoms with E-state index in [9.17, 15) is 0 Å². The molecular formula is C23H20N2O2. The van der Waals surface area contributed by atoms with E-state index < -0.39 is 0 Å². The Morgan fingerprint density at radius 3 is 1.63 bits per heavy atom. The van der Waals surface area contributed by atoms with Crippen molar-refractivity contribution in [2.24, 2.45) is 0 Å². The Kier molecular flexibility index (Phi) is 4.09. The smallest absolute Gasteiger partial charge is 0.129 e. The van der Waals surface area contributed by atoms with Crippen LogP contribution in [-0.4, -0.2) is 23.2 Å². The fourth-order valence-electron chi connectivity index (χ4n) is 3.72. The van der Waals surface area contributed by atoms with Gasteiger partial charge in [-0.2, -0.15) is 0 Å². The van der Waals surface area contributed by atoms with Crippen LogP contribution in [0.1, 0.15) is 19.3 Å². The van der Waals surface area contributed by atoms with Crippen molar-refractivity contribution in [1.82, 2.24) is 9.97 Å². The Labute approximate surface area is 157 Å². The number of hydrogen-bond acceptors (Lipinski definition) is 4. The van der Waals surface area contributed by atoms with Crippen LogP contribution in [0.25, 0.3) is 32.9 Å². The molecule has 0 atom stereocenters. The van der Waals surface area contributed by atoms with E-state index in [1.165, 1.54) is 0 Å². The average molecular weight is 356 g/mol. The number of rotatable bonds is 0. The zero-order valence-corrected chi connectivity index (χ0v) is 15.0. The van der Waals surface area contributed by atoms with E-state index in [2.05, 4.69) is 34.2 Å². The SMILES string of the molecule is c1cnc2c3c(ccc2c1)OCCCCCOc1ccc2cccnc2c1-3. The van der Waals surface area contributed by atoms with E-state index in [1.807, 2.05) is 36.7 Å². The highest BCUT2D eigenvalue weighted by Crippen LogP contribution is 2.44. The van der Waals surface area contributed by atoms with Crippen molar-refractivity contribution >= 4 is 21.8 Å². The van der Waals surface area contributed by atoms with Gasteiger partial charge in [0.25, 0.3) is 0 Å². The molecule has 0 aliphatic carbocycles. The van der Waals surface area contributed by atoms with Crippen LogP contribution >= 0.6 is 0 Å². The second kappa shape index (κ2) is 6.88. The second-order valence-electron chi connectivity index (χ2n) is 6.79. The molecule has 3 heterocycles. The summed E-state index contributed by atoms with van der Waals surface area (Å²) in [7, 11) is 0. The van der Waals surface area contributed by atoms with Crippen LogP contribution < -0.4 is 9.47 Å². The van der Waals surface area contributed by atoms with Crippen LogP contribution in [-0.2, 0) is 0 Å². The normalized spacial score (nSPS) is 14.5. The lowest BCUT2D eigenvalue weighted by Gasteiger charge is -2.17. The molecular weight excluding hydrogens is 336 g/mol.